The predicted molar refractivity (Wildman–Crippen MR) is 40.1 cm³/mol. The fourth-order valence-electron chi connectivity index (χ4n) is 0. The Labute approximate surface area is 65.4 Å². The average molecular weight is 143 g/mol. The van der Waals surface area contributed by atoms with Gasteiger partial charge in [-0.15, -0.1) is 0 Å². The molecule has 0 aliphatic heterocycles. The minimum absolute atomic E-state index is 0. The van der Waals surface area contributed by atoms with Gasteiger partial charge >= 0.3 is 0 Å². The maximum Gasteiger partial charge on any atom is 0.187 e. The van der Waals surface area contributed by atoms with Crippen molar-refractivity contribution in [3.63, 3.8) is 0 Å². The minimum Gasteiger partial charge on any atom is -0.412 e. The molecule has 0 aliphatic carbocycles. The number of hydrogen-bond acceptors (Lipinski definition) is 0. The summed E-state index contributed by atoms with van der Waals surface area (Å²) in [5.74, 6) is 0. The molecule has 0 fully saturated rings. The zero-order valence-corrected chi connectivity index (χ0v) is 2.58. The van der Waals surface area contributed by atoms with Crippen molar-refractivity contribution < 1.29 is 21.9 Å². The van der Waals surface area contributed by atoms with Crippen molar-refractivity contribution >= 4 is 43.1 Å². The molecular weight excluding hydrogens is 129 g/mol. The summed E-state index contributed by atoms with van der Waals surface area (Å²) in [6.45, 7) is 0. The van der Waals surface area contributed by atoms with Crippen molar-refractivity contribution in [3.05, 3.63) is 0 Å². The summed E-state index contributed by atoms with van der Waals surface area (Å²) >= 11 is 0. The van der Waals surface area contributed by atoms with Crippen LogP contribution in [-0.4, -0.2) is 65.0 Å². The van der Waals surface area contributed by atoms with Crippen LogP contribution in [0.5, 0.6) is 0 Å². The van der Waals surface area contributed by atoms with Crippen LogP contribution in [0.15, 0.2) is 0 Å². The second kappa shape index (κ2) is 264. The van der Waals surface area contributed by atoms with Crippen molar-refractivity contribution in [2.45, 2.75) is 0 Å². The lowest BCUT2D eigenvalue weighted by Crippen LogP contribution is -0.382. The lowest BCUT2D eigenvalue weighted by atomic mass is 10.8. The normalized spacial score (nSPS) is 0. The van der Waals surface area contributed by atoms with Crippen molar-refractivity contribution in [3.8, 4) is 0 Å². The topological polar surface area (TPSA) is 126 Å². The quantitative estimate of drug-likeness (QED) is 0.299. The van der Waals surface area contributed by atoms with Gasteiger partial charge in [0.2, 0.25) is 0 Å². The molecule has 0 unspecified atom stereocenters. The monoisotopic (exact) mass is 143 g/mol. The highest BCUT2D eigenvalue weighted by Crippen LogP contribution is -0.286. The van der Waals surface area contributed by atoms with Crippen LogP contribution in [0.4, 0.5) is 0 Å². The molecule has 4 nitrogen and oxygen atoms in total. The molecule has 7 heteroatoms. The van der Waals surface area contributed by atoms with E-state index in [0.29, 0.717) is 0 Å². The van der Waals surface area contributed by atoms with Gasteiger partial charge in [-0.2, -0.15) is 0 Å². The van der Waals surface area contributed by atoms with Crippen molar-refractivity contribution in [1.82, 2.24) is 0 Å². The van der Waals surface area contributed by atoms with Gasteiger partial charge in [0.25, 0.3) is 0 Å². The molecule has 0 saturated heterocycles. The third-order valence-electron chi connectivity index (χ3n) is 0. The number of rotatable bonds is 0. The molecule has 0 saturated carbocycles. The molecule has 0 bridgehead atoms. The van der Waals surface area contributed by atoms with Crippen LogP contribution in [0.3, 0.4) is 0 Å². The standard InChI is InChI=1S/2Al.B.4H2O.6H/h;;;4*1H2;;;;;;. The van der Waals surface area contributed by atoms with E-state index in [4.69, 9.17) is 0 Å². The Morgan fingerprint density at radius 1 is 0.429 bits per heavy atom. The summed E-state index contributed by atoms with van der Waals surface area (Å²) in [5.41, 5.74) is 0. The van der Waals surface area contributed by atoms with Gasteiger partial charge in [-0.25, -0.2) is 0 Å². The van der Waals surface area contributed by atoms with E-state index in [1.807, 2.05) is 0 Å². The lowest BCUT2D eigenvalue weighted by molar-refractivity contribution is 0.823. The minimum atomic E-state index is 0. The zero-order chi connectivity index (χ0) is 0. The van der Waals surface area contributed by atoms with Gasteiger partial charge in [0.05, 0.1) is 0 Å². The summed E-state index contributed by atoms with van der Waals surface area (Å²) in [7, 11) is 0. The van der Waals surface area contributed by atoms with E-state index in [1.165, 1.54) is 0 Å². The Kier molecular flexibility index (Phi) is 15500. The fraction of sp³-hybridized carbons (Fsp3) is 0. The second-order valence-electron chi connectivity index (χ2n) is 0. The van der Waals surface area contributed by atoms with E-state index < -0.39 is 0 Å². The van der Waals surface area contributed by atoms with Crippen LogP contribution in [0, 0.1) is 0 Å². The number of hydrogen-bond donors (Lipinski definition) is 0. The molecule has 0 aromatic rings. The van der Waals surface area contributed by atoms with Gasteiger partial charge in [0, 0.05) is 8.41 Å². The maximum atomic E-state index is 0. The molecular formula is H14Al2BO4. The molecule has 0 aromatic heterocycles. The fourth-order valence-corrected chi connectivity index (χ4v) is 0. The first kappa shape index (κ1) is 412. The molecule has 0 amide bonds. The van der Waals surface area contributed by atoms with Gasteiger partial charge < -0.3 is 21.9 Å². The van der Waals surface area contributed by atoms with Crippen LogP contribution in [-0.2, 0) is 0 Å². The Hall–Kier alpha value is 0.970. The van der Waals surface area contributed by atoms with Gasteiger partial charge in [-0.05, 0) is 0 Å². The third-order valence-corrected chi connectivity index (χ3v) is 0. The molecule has 0 aliphatic rings. The van der Waals surface area contributed by atoms with Gasteiger partial charge in [-0.3, -0.25) is 0 Å². The van der Waals surface area contributed by atoms with Crippen LogP contribution >= 0.6 is 0 Å². The van der Waals surface area contributed by atoms with E-state index in [-0.39, 0.29) is 65.0 Å². The first-order valence-electron chi connectivity index (χ1n) is 0. The van der Waals surface area contributed by atoms with Gasteiger partial charge in [0.15, 0.2) is 34.7 Å². The molecule has 0 rings (SSSR count). The Morgan fingerprint density at radius 2 is 0.429 bits per heavy atom. The summed E-state index contributed by atoms with van der Waals surface area (Å²) in [6, 6.07) is 0. The first-order chi connectivity index (χ1) is 0. The van der Waals surface area contributed by atoms with Crippen LogP contribution < -0.4 is 0 Å². The van der Waals surface area contributed by atoms with Crippen molar-refractivity contribution in [2.75, 3.05) is 0 Å². The third kappa shape index (κ3) is 183. The Balaban J connectivity index is 0. The molecule has 47 valence electrons. The molecule has 0 spiro atoms. The van der Waals surface area contributed by atoms with Crippen molar-refractivity contribution in [1.29, 1.82) is 0 Å². The van der Waals surface area contributed by atoms with Gasteiger partial charge in [0.1, 0.15) is 0 Å². The van der Waals surface area contributed by atoms with Crippen LogP contribution in [0.1, 0.15) is 0 Å². The van der Waals surface area contributed by atoms with Crippen molar-refractivity contribution in [2.24, 2.45) is 0 Å². The highest BCUT2D eigenvalue weighted by atomic mass is 27.0. The maximum absolute atomic E-state index is 0. The summed E-state index contributed by atoms with van der Waals surface area (Å²) < 4.78 is 0. The molecule has 0 heterocycles. The van der Waals surface area contributed by atoms with Crippen LogP contribution in [0.25, 0.3) is 0 Å². The molecule has 8 N–H and O–H groups in total. The first-order valence-corrected chi connectivity index (χ1v) is 0. The lowest BCUT2D eigenvalue weighted by Gasteiger charge is -0.413. The summed E-state index contributed by atoms with van der Waals surface area (Å²) in [6.07, 6.45) is 0. The van der Waals surface area contributed by atoms with E-state index in [1.54, 1.807) is 0 Å². The summed E-state index contributed by atoms with van der Waals surface area (Å²) in [5, 5.41) is 0. The Bertz CT molecular complexity index is 9.65. The second-order valence-corrected chi connectivity index (χ2v) is 0. The highest BCUT2D eigenvalue weighted by Gasteiger charge is 0.188. The van der Waals surface area contributed by atoms with Gasteiger partial charge in [-0.1, -0.05) is 0 Å². The zero-order valence-electron chi connectivity index (χ0n) is 2.58. The highest BCUT2D eigenvalue weighted by molar-refractivity contribution is 5.76. The largest absolute Gasteiger partial charge is 0.412 e. The smallest absolute Gasteiger partial charge is 0.187 e. The predicted octanol–water partition coefficient (Wildman–Crippen LogP) is -6.05. The van der Waals surface area contributed by atoms with E-state index in [2.05, 4.69) is 0 Å². The van der Waals surface area contributed by atoms with E-state index in [9.17, 15) is 0 Å². The van der Waals surface area contributed by atoms with Crippen LogP contribution in [0.2, 0.25) is 0 Å². The Morgan fingerprint density at radius 3 is 0.429 bits per heavy atom. The molecule has 7 heavy (non-hydrogen) atoms. The average Bonchev–Trinajstić information content (AvgIpc) is 0. The van der Waals surface area contributed by atoms with E-state index >= 15 is 0 Å². The molecule has 3 radical (unpaired) electrons. The molecule has 0 aromatic carbocycles. The SMILES string of the molecule is O.O.O.O.[AlH3].[AlH3].[B]. The van der Waals surface area contributed by atoms with E-state index in [0.717, 1.165) is 0 Å². The summed E-state index contributed by atoms with van der Waals surface area (Å²) in [4.78, 5) is 0. The molecule has 0 atom stereocenters.